The molecule has 0 bridgehead atoms. The van der Waals surface area contributed by atoms with Gasteiger partial charge >= 0.3 is 0 Å². The molecule has 1 aliphatic rings. The van der Waals surface area contributed by atoms with Crippen LogP contribution in [-0.2, 0) is 4.74 Å². The van der Waals surface area contributed by atoms with Crippen LogP contribution >= 0.6 is 0 Å². The van der Waals surface area contributed by atoms with Gasteiger partial charge in [-0.05, 0) is 58.3 Å². The van der Waals surface area contributed by atoms with Gasteiger partial charge in [0.25, 0.3) is 0 Å². The van der Waals surface area contributed by atoms with Crippen LogP contribution in [0.1, 0.15) is 66.7 Å². The zero-order valence-corrected chi connectivity index (χ0v) is 12.4. The number of rotatable bonds is 8. The molecular weight excluding hydrogens is 210 g/mol. The monoisotopic (exact) mass is 241 g/mol. The average Bonchev–Trinajstić information content (AvgIpc) is 3.06. The lowest BCUT2D eigenvalue weighted by atomic mass is 9.79. The van der Waals surface area contributed by atoms with Crippen molar-refractivity contribution in [3.05, 3.63) is 0 Å². The summed E-state index contributed by atoms with van der Waals surface area (Å²) in [5.41, 5.74) is 0.435. The minimum atomic E-state index is -0.00283. The van der Waals surface area contributed by atoms with Crippen LogP contribution in [0.15, 0.2) is 0 Å². The molecule has 2 nitrogen and oxygen atoms in total. The highest BCUT2D eigenvalue weighted by Crippen LogP contribution is 2.32. The van der Waals surface area contributed by atoms with Crippen LogP contribution in [-0.4, -0.2) is 24.8 Å². The van der Waals surface area contributed by atoms with Gasteiger partial charge in [-0.1, -0.05) is 13.8 Å². The SMILES string of the molecule is CCC(CC)(CCOC(C)(C)C)CNC1CC1. The predicted molar refractivity (Wildman–Crippen MR) is 74.4 cm³/mol. The molecule has 0 aliphatic heterocycles. The van der Waals surface area contributed by atoms with Gasteiger partial charge < -0.3 is 10.1 Å². The molecule has 0 atom stereocenters. The molecule has 0 aromatic carbocycles. The van der Waals surface area contributed by atoms with Gasteiger partial charge in [-0.2, -0.15) is 0 Å². The van der Waals surface area contributed by atoms with E-state index in [1.54, 1.807) is 0 Å². The van der Waals surface area contributed by atoms with E-state index in [2.05, 4.69) is 39.9 Å². The lowest BCUT2D eigenvalue weighted by Gasteiger charge is -2.33. The fourth-order valence-corrected chi connectivity index (χ4v) is 2.16. The molecule has 0 aromatic heterocycles. The maximum absolute atomic E-state index is 5.88. The summed E-state index contributed by atoms with van der Waals surface area (Å²) in [5, 5.41) is 3.69. The lowest BCUT2D eigenvalue weighted by Crippen LogP contribution is -2.36. The average molecular weight is 241 g/mol. The second-order valence-corrected chi connectivity index (χ2v) is 6.57. The van der Waals surface area contributed by atoms with Crippen molar-refractivity contribution in [1.82, 2.24) is 5.32 Å². The fraction of sp³-hybridized carbons (Fsp3) is 1.00. The third kappa shape index (κ3) is 5.87. The van der Waals surface area contributed by atoms with E-state index in [1.165, 1.54) is 32.1 Å². The Hall–Kier alpha value is -0.0800. The Morgan fingerprint density at radius 1 is 1.12 bits per heavy atom. The van der Waals surface area contributed by atoms with E-state index in [0.29, 0.717) is 5.41 Å². The van der Waals surface area contributed by atoms with Gasteiger partial charge in [0.05, 0.1) is 5.60 Å². The van der Waals surface area contributed by atoms with Gasteiger partial charge in [-0.3, -0.25) is 0 Å². The summed E-state index contributed by atoms with van der Waals surface area (Å²) in [4.78, 5) is 0. The van der Waals surface area contributed by atoms with Crippen LogP contribution in [0.5, 0.6) is 0 Å². The van der Waals surface area contributed by atoms with E-state index < -0.39 is 0 Å². The van der Waals surface area contributed by atoms with Crippen LogP contribution in [0.3, 0.4) is 0 Å². The van der Waals surface area contributed by atoms with Crippen LogP contribution < -0.4 is 5.32 Å². The van der Waals surface area contributed by atoms with Crippen molar-refractivity contribution in [2.45, 2.75) is 78.4 Å². The Labute approximate surface area is 108 Å². The van der Waals surface area contributed by atoms with E-state index in [0.717, 1.165) is 19.2 Å². The Morgan fingerprint density at radius 2 is 1.71 bits per heavy atom. The molecule has 0 spiro atoms. The molecule has 2 heteroatoms. The lowest BCUT2D eigenvalue weighted by molar-refractivity contribution is -0.0200. The van der Waals surface area contributed by atoms with E-state index in [4.69, 9.17) is 4.74 Å². The van der Waals surface area contributed by atoms with Crippen molar-refractivity contribution in [1.29, 1.82) is 0 Å². The summed E-state index contributed by atoms with van der Waals surface area (Å²) >= 11 is 0. The van der Waals surface area contributed by atoms with Crippen molar-refractivity contribution in [3.63, 3.8) is 0 Å². The Kier molecular flexibility index (Phi) is 5.46. The minimum Gasteiger partial charge on any atom is -0.376 e. The largest absolute Gasteiger partial charge is 0.376 e. The van der Waals surface area contributed by atoms with Gasteiger partial charge in [0.1, 0.15) is 0 Å². The van der Waals surface area contributed by atoms with Crippen molar-refractivity contribution in [2.75, 3.05) is 13.2 Å². The number of ether oxygens (including phenoxy) is 1. The zero-order chi connectivity index (χ0) is 12.9. The molecule has 0 unspecified atom stereocenters. The number of nitrogens with one attached hydrogen (secondary N) is 1. The normalized spacial score (nSPS) is 17.5. The molecule has 1 aliphatic carbocycles. The van der Waals surface area contributed by atoms with E-state index >= 15 is 0 Å². The quantitative estimate of drug-likeness (QED) is 0.699. The fourth-order valence-electron chi connectivity index (χ4n) is 2.16. The minimum absolute atomic E-state index is 0.00283. The molecule has 1 rings (SSSR count). The van der Waals surface area contributed by atoms with Crippen LogP contribution in [0, 0.1) is 5.41 Å². The summed E-state index contributed by atoms with van der Waals surface area (Å²) < 4.78 is 5.88. The standard InChI is InChI=1S/C15H31NO/c1-6-15(7-2,12-16-13-8-9-13)10-11-17-14(3,4)5/h13,16H,6-12H2,1-5H3. The third-order valence-electron chi connectivity index (χ3n) is 4.01. The molecule has 102 valence electrons. The highest BCUT2D eigenvalue weighted by molar-refractivity contribution is 4.86. The molecule has 0 amide bonds. The first kappa shape index (κ1) is 15.0. The van der Waals surface area contributed by atoms with Gasteiger partial charge in [0.15, 0.2) is 0 Å². The number of hydrogen-bond acceptors (Lipinski definition) is 2. The molecule has 1 saturated carbocycles. The summed E-state index contributed by atoms with van der Waals surface area (Å²) in [6.45, 7) is 13.1. The molecular formula is C15H31NO. The molecule has 1 fully saturated rings. The van der Waals surface area contributed by atoms with Gasteiger partial charge in [-0.25, -0.2) is 0 Å². The smallest absolute Gasteiger partial charge is 0.0598 e. The van der Waals surface area contributed by atoms with E-state index in [9.17, 15) is 0 Å². The second-order valence-electron chi connectivity index (χ2n) is 6.57. The molecule has 17 heavy (non-hydrogen) atoms. The molecule has 0 radical (unpaired) electrons. The van der Waals surface area contributed by atoms with E-state index in [1.807, 2.05) is 0 Å². The van der Waals surface area contributed by atoms with Crippen molar-refractivity contribution in [3.8, 4) is 0 Å². The molecule has 0 heterocycles. The Morgan fingerprint density at radius 3 is 2.12 bits per heavy atom. The molecule has 0 aromatic rings. The first-order valence-electron chi connectivity index (χ1n) is 7.28. The summed E-state index contributed by atoms with van der Waals surface area (Å²) in [5.74, 6) is 0. The third-order valence-corrected chi connectivity index (χ3v) is 4.01. The van der Waals surface area contributed by atoms with Gasteiger partial charge in [0, 0.05) is 19.2 Å². The first-order chi connectivity index (χ1) is 7.91. The van der Waals surface area contributed by atoms with Crippen molar-refractivity contribution < 1.29 is 4.74 Å². The summed E-state index contributed by atoms with van der Waals surface area (Å²) in [6, 6.07) is 0.816. The Balaban J connectivity index is 2.33. The van der Waals surface area contributed by atoms with Crippen molar-refractivity contribution in [2.24, 2.45) is 5.41 Å². The zero-order valence-electron chi connectivity index (χ0n) is 12.4. The van der Waals surface area contributed by atoms with Crippen LogP contribution in [0.25, 0.3) is 0 Å². The summed E-state index contributed by atoms with van der Waals surface area (Å²) in [6.07, 6.45) is 6.43. The topological polar surface area (TPSA) is 21.3 Å². The summed E-state index contributed by atoms with van der Waals surface area (Å²) in [7, 11) is 0. The predicted octanol–water partition coefficient (Wildman–Crippen LogP) is 3.75. The highest BCUT2D eigenvalue weighted by Gasteiger charge is 2.30. The number of hydrogen-bond donors (Lipinski definition) is 1. The molecule has 1 N–H and O–H groups in total. The van der Waals surface area contributed by atoms with Crippen LogP contribution in [0.2, 0.25) is 0 Å². The first-order valence-corrected chi connectivity index (χ1v) is 7.28. The maximum atomic E-state index is 5.88. The van der Waals surface area contributed by atoms with Crippen molar-refractivity contribution >= 4 is 0 Å². The highest BCUT2D eigenvalue weighted by atomic mass is 16.5. The van der Waals surface area contributed by atoms with Gasteiger partial charge in [-0.15, -0.1) is 0 Å². The second kappa shape index (κ2) is 6.19. The Bertz CT molecular complexity index is 211. The van der Waals surface area contributed by atoms with Crippen LogP contribution in [0.4, 0.5) is 0 Å². The van der Waals surface area contributed by atoms with Gasteiger partial charge in [0.2, 0.25) is 0 Å². The maximum Gasteiger partial charge on any atom is 0.0598 e. The molecule has 0 saturated heterocycles. The van der Waals surface area contributed by atoms with E-state index in [-0.39, 0.29) is 5.60 Å².